The van der Waals surface area contributed by atoms with Crippen LogP contribution in [0.25, 0.3) is 0 Å². The second-order valence-electron chi connectivity index (χ2n) is 6.60. The van der Waals surface area contributed by atoms with E-state index in [-0.39, 0.29) is 17.6 Å². The number of piperazine rings is 1. The van der Waals surface area contributed by atoms with Crippen molar-refractivity contribution >= 4 is 29.5 Å². The van der Waals surface area contributed by atoms with Crippen LogP contribution in [0.1, 0.15) is 25.5 Å². The van der Waals surface area contributed by atoms with Gasteiger partial charge in [-0.3, -0.25) is 19.7 Å². The van der Waals surface area contributed by atoms with Gasteiger partial charge in [-0.2, -0.15) is 0 Å². The second kappa shape index (κ2) is 6.23. The van der Waals surface area contributed by atoms with Crippen LogP contribution in [0.3, 0.4) is 0 Å². The van der Waals surface area contributed by atoms with E-state index in [4.69, 9.17) is 0 Å². The standard InChI is InChI=1S/C16H19N3O5S/c1-16(2)11(15(23)24)19-14(25-16)10-13(22)17-9(12(21)18-10)7-3-5-8(20)6-4-7/h3-6,9-11,14,19-20H,1-2H3,(H,17,22)(H,18,21)(H,23,24)/t9-,10-,11-,14+/m0/s1. The van der Waals surface area contributed by atoms with Gasteiger partial charge in [0.25, 0.3) is 0 Å². The lowest BCUT2D eigenvalue weighted by Gasteiger charge is -2.32. The number of phenols is 1. The number of aliphatic carboxylic acids is 1. The zero-order valence-corrected chi connectivity index (χ0v) is 14.5. The molecule has 2 heterocycles. The summed E-state index contributed by atoms with van der Waals surface area (Å²) >= 11 is 1.32. The number of carbonyl (C=O) groups excluding carboxylic acids is 2. The van der Waals surface area contributed by atoms with E-state index in [0.717, 1.165) is 0 Å². The van der Waals surface area contributed by atoms with Crippen molar-refractivity contribution in [1.29, 1.82) is 0 Å². The van der Waals surface area contributed by atoms with Crippen molar-refractivity contribution in [3.05, 3.63) is 29.8 Å². The molecule has 0 spiro atoms. The number of hydrogen-bond donors (Lipinski definition) is 5. The maximum absolute atomic E-state index is 12.5. The van der Waals surface area contributed by atoms with Crippen LogP contribution < -0.4 is 16.0 Å². The molecule has 0 aliphatic carbocycles. The Morgan fingerprint density at radius 2 is 1.76 bits per heavy atom. The Labute approximate surface area is 148 Å². The normalized spacial score (nSPS) is 31.3. The van der Waals surface area contributed by atoms with E-state index in [1.165, 1.54) is 23.9 Å². The van der Waals surface area contributed by atoms with E-state index in [2.05, 4.69) is 16.0 Å². The third kappa shape index (κ3) is 3.29. The molecule has 1 aromatic rings. The Bertz CT molecular complexity index is 721. The van der Waals surface area contributed by atoms with Gasteiger partial charge in [-0.15, -0.1) is 11.8 Å². The van der Waals surface area contributed by atoms with Gasteiger partial charge >= 0.3 is 5.97 Å². The summed E-state index contributed by atoms with van der Waals surface area (Å²) in [7, 11) is 0. The third-order valence-electron chi connectivity index (χ3n) is 4.36. The Balaban J connectivity index is 1.75. The lowest BCUT2D eigenvalue weighted by Crippen LogP contribution is -2.63. The van der Waals surface area contributed by atoms with Gasteiger partial charge in [0.2, 0.25) is 11.8 Å². The highest BCUT2D eigenvalue weighted by molar-refractivity contribution is 8.01. The first kappa shape index (κ1) is 17.6. The minimum atomic E-state index is -0.996. The lowest BCUT2D eigenvalue weighted by molar-refractivity contribution is -0.140. The summed E-state index contributed by atoms with van der Waals surface area (Å²) in [6, 6.07) is 3.47. The smallest absolute Gasteiger partial charge is 0.322 e. The maximum atomic E-state index is 12.5. The molecular formula is C16H19N3O5S. The minimum Gasteiger partial charge on any atom is -0.508 e. The van der Waals surface area contributed by atoms with Gasteiger partial charge in [-0.05, 0) is 31.5 Å². The van der Waals surface area contributed by atoms with E-state index >= 15 is 0 Å². The lowest BCUT2D eigenvalue weighted by atomic mass is 10.0. The van der Waals surface area contributed by atoms with Crippen molar-refractivity contribution in [3.63, 3.8) is 0 Å². The van der Waals surface area contributed by atoms with Gasteiger partial charge in [0.1, 0.15) is 23.9 Å². The number of thioether (sulfide) groups is 1. The SMILES string of the molecule is CC1(C)S[C@H]([C@H]2NC(=O)[C@H](c3ccc(O)cc3)NC2=O)N[C@H]1C(=O)O. The molecule has 9 heteroatoms. The summed E-state index contributed by atoms with van der Waals surface area (Å²) in [5, 5.41) is 26.4. The Morgan fingerprint density at radius 1 is 1.12 bits per heavy atom. The fraction of sp³-hybridized carbons (Fsp3) is 0.438. The summed E-state index contributed by atoms with van der Waals surface area (Å²) in [6.07, 6.45) is 0. The van der Waals surface area contributed by atoms with Crippen LogP contribution >= 0.6 is 11.8 Å². The topological polar surface area (TPSA) is 128 Å². The van der Waals surface area contributed by atoms with Crippen LogP contribution in [0.5, 0.6) is 5.75 Å². The Hall–Kier alpha value is -2.26. The summed E-state index contributed by atoms with van der Waals surface area (Å²) in [4.78, 5) is 36.3. The van der Waals surface area contributed by atoms with Crippen molar-refractivity contribution in [2.24, 2.45) is 0 Å². The molecule has 0 radical (unpaired) electrons. The highest BCUT2D eigenvalue weighted by atomic mass is 32.2. The average molecular weight is 365 g/mol. The fourth-order valence-electron chi connectivity index (χ4n) is 3.04. The van der Waals surface area contributed by atoms with Crippen molar-refractivity contribution in [1.82, 2.24) is 16.0 Å². The number of phenolic OH excluding ortho intramolecular Hbond substituents is 1. The van der Waals surface area contributed by atoms with Crippen LogP contribution in [0.15, 0.2) is 24.3 Å². The van der Waals surface area contributed by atoms with E-state index in [9.17, 15) is 24.6 Å². The molecule has 5 N–H and O–H groups in total. The number of benzene rings is 1. The number of hydrogen-bond acceptors (Lipinski definition) is 6. The summed E-state index contributed by atoms with van der Waals surface area (Å²) < 4.78 is -0.616. The summed E-state index contributed by atoms with van der Waals surface area (Å²) in [5.41, 5.74) is 0.554. The van der Waals surface area contributed by atoms with Crippen molar-refractivity contribution in [3.8, 4) is 5.75 Å². The molecule has 0 unspecified atom stereocenters. The molecule has 0 aromatic heterocycles. The molecule has 3 rings (SSSR count). The second-order valence-corrected chi connectivity index (χ2v) is 8.39. The van der Waals surface area contributed by atoms with Crippen LogP contribution in [0.4, 0.5) is 0 Å². The highest BCUT2D eigenvalue weighted by Gasteiger charge is 2.50. The van der Waals surface area contributed by atoms with Crippen molar-refractivity contribution < 1.29 is 24.6 Å². The van der Waals surface area contributed by atoms with E-state index < -0.39 is 34.2 Å². The molecular weight excluding hydrogens is 346 g/mol. The molecule has 2 aliphatic heterocycles. The number of carbonyl (C=O) groups is 3. The first-order valence-electron chi connectivity index (χ1n) is 7.75. The van der Waals surface area contributed by atoms with E-state index in [1.54, 1.807) is 26.0 Å². The highest BCUT2D eigenvalue weighted by Crippen LogP contribution is 2.39. The minimum absolute atomic E-state index is 0.0673. The molecule has 8 nitrogen and oxygen atoms in total. The van der Waals surface area contributed by atoms with Crippen LogP contribution in [-0.4, -0.2) is 50.2 Å². The Kier molecular flexibility index (Phi) is 4.38. The molecule has 2 saturated heterocycles. The predicted molar refractivity (Wildman–Crippen MR) is 90.9 cm³/mol. The van der Waals surface area contributed by atoms with Crippen LogP contribution in [0.2, 0.25) is 0 Å². The van der Waals surface area contributed by atoms with Crippen LogP contribution in [-0.2, 0) is 14.4 Å². The van der Waals surface area contributed by atoms with Crippen molar-refractivity contribution in [2.75, 3.05) is 0 Å². The monoisotopic (exact) mass is 365 g/mol. The van der Waals surface area contributed by atoms with Gasteiger partial charge in [0.05, 0.1) is 5.37 Å². The van der Waals surface area contributed by atoms with E-state index in [0.29, 0.717) is 5.56 Å². The molecule has 2 amide bonds. The number of nitrogens with one attached hydrogen (secondary N) is 3. The Morgan fingerprint density at radius 3 is 2.32 bits per heavy atom. The summed E-state index contributed by atoms with van der Waals surface area (Å²) in [6.45, 7) is 3.57. The molecule has 0 saturated carbocycles. The van der Waals surface area contributed by atoms with Crippen molar-refractivity contribution in [2.45, 2.75) is 42.1 Å². The van der Waals surface area contributed by atoms with Gasteiger partial charge < -0.3 is 20.8 Å². The molecule has 2 aliphatic rings. The first-order valence-corrected chi connectivity index (χ1v) is 8.63. The quantitative estimate of drug-likeness (QED) is 0.508. The number of carboxylic acid groups (broad SMARTS) is 1. The van der Waals surface area contributed by atoms with E-state index in [1.807, 2.05) is 0 Å². The molecule has 4 atom stereocenters. The predicted octanol–water partition coefficient (Wildman–Crippen LogP) is -0.0578. The van der Waals surface area contributed by atoms with Crippen LogP contribution in [0, 0.1) is 0 Å². The third-order valence-corrected chi connectivity index (χ3v) is 5.87. The van der Waals surface area contributed by atoms with Gasteiger partial charge in [0.15, 0.2) is 0 Å². The maximum Gasteiger partial charge on any atom is 0.322 e. The summed E-state index contributed by atoms with van der Waals surface area (Å²) in [5.74, 6) is -1.69. The molecule has 2 fully saturated rings. The largest absolute Gasteiger partial charge is 0.508 e. The number of carboxylic acids is 1. The molecule has 1 aromatic carbocycles. The fourth-order valence-corrected chi connectivity index (χ4v) is 4.53. The molecule has 134 valence electrons. The first-order chi connectivity index (χ1) is 11.7. The van der Waals surface area contributed by atoms with Gasteiger partial charge in [-0.25, -0.2) is 0 Å². The molecule has 25 heavy (non-hydrogen) atoms. The number of rotatable bonds is 3. The zero-order chi connectivity index (χ0) is 18.4. The molecule has 0 bridgehead atoms. The zero-order valence-electron chi connectivity index (χ0n) is 13.6. The van der Waals surface area contributed by atoms with Gasteiger partial charge in [0, 0.05) is 4.75 Å². The number of aromatic hydroxyl groups is 1. The average Bonchev–Trinajstić information content (AvgIpc) is 2.85. The number of amides is 2. The van der Waals surface area contributed by atoms with Gasteiger partial charge in [-0.1, -0.05) is 12.1 Å².